The van der Waals surface area contributed by atoms with E-state index in [4.69, 9.17) is 14.2 Å². The van der Waals surface area contributed by atoms with E-state index in [1.807, 2.05) is 0 Å². The van der Waals surface area contributed by atoms with Gasteiger partial charge < -0.3 is 18.9 Å². The highest BCUT2D eigenvalue weighted by Gasteiger charge is 2.37. The molecule has 0 amide bonds. The van der Waals surface area contributed by atoms with Gasteiger partial charge in [-0.25, -0.2) is 4.79 Å². The van der Waals surface area contributed by atoms with Crippen LogP contribution in [0.1, 0.15) is 49.2 Å². The van der Waals surface area contributed by atoms with Gasteiger partial charge in [0.15, 0.2) is 11.5 Å². The number of methoxy groups -OCH3 is 1. The number of ether oxygens (including phenoxy) is 4. The minimum absolute atomic E-state index is 0.154. The SMILES string of the molecule is CCc1c(C(F)(F)F)ccc(Oc2ccc(OC(F)(F)F)cc2OC)c1C(=O)OC(C)(C)C. The van der Waals surface area contributed by atoms with E-state index in [1.165, 1.54) is 6.92 Å². The van der Waals surface area contributed by atoms with Crippen LogP contribution in [0.4, 0.5) is 26.3 Å². The van der Waals surface area contributed by atoms with Crippen LogP contribution >= 0.6 is 0 Å². The maximum absolute atomic E-state index is 13.6. The van der Waals surface area contributed by atoms with Gasteiger partial charge in [0.05, 0.1) is 12.7 Å². The van der Waals surface area contributed by atoms with Crippen LogP contribution in [0.15, 0.2) is 30.3 Å². The molecule has 33 heavy (non-hydrogen) atoms. The molecule has 0 saturated carbocycles. The number of hydrogen-bond acceptors (Lipinski definition) is 5. The Balaban J connectivity index is 2.61. The van der Waals surface area contributed by atoms with Crippen LogP contribution < -0.4 is 14.2 Å². The molecule has 5 nitrogen and oxygen atoms in total. The van der Waals surface area contributed by atoms with E-state index in [0.29, 0.717) is 0 Å². The minimum atomic E-state index is -4.94. The predicted octanol–water partition coefficient (Wildman–Crippen LogP) is 6.92. The zero-order chi connectivity index (χ0) is 25.2. The van der Waals surface area contributed by atoms with Crippen LogP contribution in [0, 0.1) is 0 Å². The van der Waals surface area contributed by atoms with Gasteiger partial charge in [-0.3, -0.25) is 0 Å². The Kier molecular flexibility index (Phi) is 7.45. The molecule has 0 saturated heterocycles. The van der Waals surface area contributed by atoms with Gasteiger partial charge in [-0.2, -0.15) is 13.2 Å². The van der Waals surface area contributed by atoms with Crippen molar-refractivity contribution in [2.24, 2.45) is 0 Å². The number of alkyl halides is 6. The number of hydrogen-bond donors (Lipinski definition) is 0. The third-order valence-corrected chi connectivity index (χ3v) is 4.13. The van der Waals surface area contributed by atoms with E-state index in [1.54, 1.807) is 20.8 Å². The Hall–Kier alpha value is -3.11. The summed E-state index contributed by atoms with van der Waals surface area (Å²) < 4.78 is 97.9. The van der Waals surface area contributed by atoms with Crippen molar-refractivity contribution in [3.05, 3.63) is 47.0 Å². The van der Waals surface area contributed by atoms with Gasteiger partial charge in [0.25, 0.3) is 0 Å². The monoisotopic (exact) mass is 480 g/mol. The van der Waals surface area contributed by atoms with Gasteiger partial charge in [0.2, 0.25) is 0 Å². The number of carbonyl (C=O) groups excluding carboxylic acids is 1. The molecule has 2 aromatic carbocycles. The molecule has 11 heteroatoms. The largest absolute Gasteiger partial charge is 0.573 e. The number of carbonyl (C=O) groups is 1. The number of esters is 1. The fourth-order valence-electron chi connectivity index (χ4n) is 2.94. The molecule has 0 bridgehead atoms. The second kappa shape index (κ2) is 9.40. The van der Waals surface area contributed by atoms with Crippen LogP contribution in [0.2, 0.25) is 0 Å². The van der Waals surface area contributed by atoms with Crippen molar-refractivity contribution in [1.29, 1.82) is 0 Å². The molecule has 0 aliphatic carbocycles. The lowest BCUT2D eigenvalue weighted by atomic mass is 9.97. The molecule has 0 radical (unpaired) electrons. The van der Waals surface area contributed by atoms with Gasteiger partial charge in [0.1, 0.15) is 22.7 Å². The average molecular weight is 480 g/mol. The van der Waals surface area contributed by atoms with E-state index < -0.39 is 41.0 Å². The van der Waals surface area contributed by atoms with Gasteiger partial charge in [-0.05, 0) is 57.0 Å². The molecular formula is C22H22F6O5. The summed E-state index contributed by atoms with van der Waals surface area (Å²) in [4.78, 5) is 12.8. The van der Waals surface area contributed by atoms with Crippen LogP contribution in [0.5, 0.6) is 23.0 Å². The standard InChI is InChI=1S/C22H22F6O5/c1-6-13-14(21(23,24)25)8-10-16(18(13)19(29)33-20(2,3)4)31-15-9-7-12(11-17(15)30-5)32-22(26,27)28/h7-11H,6H2,1-5H3. The van der Waals surface area contributed by atoms with Crippen molar-refractivity contribution in [3.8, 4) is 23.0 Å². The first-order valence-electron chi connectivity index (χ1n) is 9.63. The Labute approximate surface area is 186 Å². The second-order valence-corrected chi connectivity index (χ2v) is 7.78. The smallest absolute Gasteiger partial charge is 0.493 e. The highest BCUT2D eigenvalue weighted by atomic mass is 19.4. The highest BCUT2D eigenvalue weighted by Crippen LogP contribution is 2.42. The van der Waals surface area contributed by atoms with E-state index in [2.05, 4.69) is 4.74 Å². The topological polar surface area (TPSA) is 54.0 Å². The number of benzene rings is 2. The van der Waals surface area contributed by atoms with Gasteiger partial charge >= 0.3 is 18.5 Å². The first-order valence-corrected chi connectivity index (χ1v) is 9.63. The highest BCUT2D eigenvalue weighted by molar-refractivity contribution is 5.95. The molecule has 0 aliphatic rings. The lowest BCUT2D eigenvalue weighted by molar-refractivity contribution is -0.274. The second-order valence-electron chi connectivity index (χ2n) is 7.78. The van der Waals surface area contributed by atoms with Crippen LogP contribution in [0.25, 0.3) is 0 Å². The Morgan fingerprint density at radius 3 is 2.00 bits per heavy atom. The summed E-state index contributed by atoms with van der Waals surface area (Å²) in [6.45, 7) is 6.08. The molecule has 182 valence electrons. The Morgan fingerprint density at radius 1 is 0.909 bits per heavy atom. The van der Waals surface area contributed by atoms with E-state index in [9.17, 15) is 31.1 Å². The lowest BCUT2D eigenvalue weighted by Crippen LogP contribution is -2.25. The average Bonchev–Trinajstić information content (AvgIpc) is 2.65. The van der Waals surface area contributed by atoms with Crippen LogP contribution in [-0.2, 0) is 17.3 Å². The first-order chi connectivity index (χ1) is 15.1. The van der Waals surface area contributed by atoms with Crippen LogP contribution in [-0.4, -0.2) is 25.0 Å². The summed E-state index contributed by atoms with van der Waals surface area (Å²) >= 11 is 0. The van der Waals surface area contributed by atoms with Crippen LogP contribution in [0.3, 0.4) is 0 Å². The molecule has 0 N–H and O–H groups in total. The van der Waals surface area contributed by atoms with Crippen molar-refractivity contribution >= 4 is 5.97 Å². The molecule has 0 atom stereocenters. The van der Waals surface area contributed by atoms with Crippen molar-refractivity contribution < 1.29 is 50.1 Å². The quantitative estimate of drug-likeness (QED) is 0.332. The molecule has 2 aromatic rings. The summed E-state index contributed by atoms with van der Waals surface area (Å²) in [5.74, 6) is -2.28. The predicted molar refractivity (Wildman–Crippen MR) is 106 cm³/mol. The molecule has 0 heterocycles. The van der Waals surface area contributed by atoms with E-state index in [-0.39, 0.29) is 29.2 Å². The third kappa shape index (κ3) is 6.93. The summed E-state index contributed by atoms with van der Waals surface area (Å²) in [6, 6.07) is 4.60. The summed E-state index contributed by atoms with van der Waals surface area (Å²) in [5, 5.41) is 0. The lowest BCUT2D eigenvalue weighted by Gasteiger charge is -2.24. The number of halogens is 6. The zero-order valence-electron chi connectivity index (χ0n) is 18.4. The van der Waals surface area contributed by atoms with Gasteiger partial charge in [-0.15, -0.1) is 13.2 Å². The van der Waals surface area contributed by atoms with Gasteiger partial charge in [-0.1, -0.05) is 6.92 Å². The summed E-state index contributed by atoms with van der Waals surface area (Å²) in [6.07, 6.45) is -9.86. The van der Waals surface area contributed by atoms with Crippen molar-refractivity contribution in [3.63, 3.8) is 0 Å². The maximum atomic E-state index is 13.6. The fraction of sp³-hybridized carbons (Fsp3) is 0.409. The molecule has 0 fully saturated rings. The van der Waals surface area contributed by atoms with Gasteiger partial charge in [0, 0.05) is 6.07 Å². The maximum Gasteiger partial charge on any atom is 0.573 e. The molecule has 0 aromatic heterocycles. The molecule has 0 aliphatic heterocycles. The molecule has 2 rings (SSSR count). The van der Waals surface area contributed by atoms with Crippen molar-refractivity contribution in [2.75, 3.05) is 7.11 Å². The molecular weight excluding hydrogens is 458 g/mol. The Morgan fingerprint density at radius 2 is 1.52 bits per heavy atom. The normalized spacial score (nSPS) is 12.3. The first kappa shape index (κ1) is 26.1. The van der Waals surface area contributed by atoms with Crippen molar-refractivity contribution in [2.45, 2.75) is 52.3 Å². The summed E-state index contributed by atoms with van der Waals surface area (Å²) in [5.41, 5.74) is -2.83. The zero-order valence-corrected chi connectivity index (χ0v) is 18.4. The molecule has 0 spiro atoms. The van der Waals surface area contributed by atoms with E-state index in [0.717, 1.165) is 37.4 Å². The Bertz CT molecular complexity index is 1010. The summed E-state index contributed by atoms with van der Waals surface area (Å²) in [7, 11) is 1.15. The molecule has 0 unspecified atom stereocenters. The van der Waals surface area contributed by atoms with E-state index >= 15 is 0 Å². The third-order valence-electron chi connectivity index (χ3n) is 4.13. The minimum Gasteiger partial charge on any atom is -0.493 e. The number of rotatable bonds is 6. The fourth-order valence-corrected chi connectivity index (χ4v) is 2.94. The van der Waals surface area contributed by atoms with Crippen molar-refractivity contribution in [1.82, 2.24) is 0 Å².